The molecule has 14 heteroatoms. The number of nitrogens with one attached hydrogen (secondary N) is 1. The molecule has 202 valence electrons. The number of halogens is 3. The Morgan fingerprint density at radius 2 is 1.89 bits per heavy atom. The van der Waals surface area contributed by atoms with Crippen LogP contribution in [0.15, 0.2) is 43.0 Å². The summed E-state index contributed by atoms with van der Waals surface area (Å²) in [4.78, 5) is 30.8. The lowest BCUT2D eigenvalue weighted by Gasteiger charge is -2.19. The molecule has 0 spiro atoms. The van der Waals surface area contributed by atoms with E-state index in [1.54, 1.807) is 29.0 Å². The second-order valence-electron chi connectivity index (χ2n) is 8.74. The number of nitrogens with zero attached hydrogens (tertiary/aromatic N) is 5. The van der Waals surface area contributed by atoms with Gasteiger partial charge < -0.3 is 24.3 Å². The van der Waals surface area contributed by atoms with Crippen molar-refractivity contribution in [2.24, 2.45) is 0 Å². The summed E-state index contributed by atoms with van der Waals surface area (Å²) in [5, 5.41) is 14.4. The maximum Gasteiger partial charge on any atom is 0.490 e. The number of carboxylic acids is 1. The molecule has 38 heavy (non-hydrogen) atoms. The molecule has 0 bridgehead atoms. The van der Waals surface area contributed by atoms with Crippen LogP contribution in [0.4, 0.5) is 18.9 Å². The highest BCUT2D eigenvalue weighted by Gasteiger charge is 2.38. The van der Waals surface area contributed by atoms with Gasteiger partial charge in [-0.25, -0.2) is 19.3 Å². The Kier molecular flexibility index (Phi) is 7.80. The van der Waals surface area contributed by atoms with Crippen LogP contribution in [-0.2, 0) is 9.53 Å². The largest absolute Gasteiger partial charge is 0.490 e. The second-order valence-corrected chi connectivity index (χ2v) is 8.74. The van der Waals surface area contributed by atoms with Gasteiger partial charge >= 0.3 is 12.1 Å². The van der Waals surface area contributed by atoms with Crippen LogP contribution in [0.2, 0.25) is 0 Å². The molecule has 0 aromatic carbocycles. The van der Waals surface area contributed by atoms with E-state index < -0.39 is 12.1 Å². The van der Waals surface area contributed by atoms with Gasteiger partial charge in [0.05, 0.1) is 11.8 Å². The number of anilines is 1. The average Bonchev–Trinajstić information content (AvgIpc) is 3.48. The van der Waals surface area contributed by atoms with Gasteiger partial charge in [0.2, 0.25) is 0 Å². The Morgan fingerprint density at radius 1 is 1.18 bits per heavy atom. The number of alkyl halides is 3. The van der Waals surface area contributed by atoms with Crippen molar-refractivity contribution in [1.29, 1.82) is 0 Å². The first-order valence-corrected chi connectivity index (χ1v) is 11.7. The van der Waals surface area contributed by atoms with Crippen LogP contribution in [0.1, 0.15) is 48.8 Å². The van der Waals surface area contributed by atoms with Crippen LogP contribution in [0.5, 0.6) is 5.75 Å². The zero-order valence-corrected chi connectivity index (χ0v) is 20.5. The molecule has 4 aromatic heterocycles. The van der Waals surface area contributed by atoms with Crippen LogP contribution in [0.25, 0.3) is 11.3 Å². The highest BCUT2D eigenvalue weighted by molar-refractivity contribution is 6.04. The van der Waals surface area contributed by atoms with Gasteiger partial charge in [-0.05, 0) is 32.8 Å². The molecule has 4 aromatic rings. The summed E-state index contributed by atoms with van der Waals surface area (Å²) < 4.78 is 46.7. The third-order valence-electron chi connectivity index (χ3n) is 5.54. The zero-order valence-electron chi connectivity index (χ0n) is 20.5. The maximum absolute atomic E-state index is 12.9. The van der Waals surface area contributed by atoms with E-state index >= 15 is 0 Å². The van der Waals surface area contributed by atoms with Gasteiger partial charge in [-0.15, -0.1) is 0 Å². The SMILES string of the molecule is CC(C)Oc1cc2nc(C3CCOCC3)cn2cc1NC(=O)c1cc2ncccn2n1.O=C(O)C(F)(F)F. The zero-order chi connectivity index (χ0) is 27.4. The molecule has 1 amide bonds. The van der Waals surface area contributed by atoms with E-state index in [2.05, 4.69) is 15.4 Å². The first kappa shape index (κ1) is 26.9. The standard InChI is InChI=1S/C22H24N6O3.C2HF3O2/c1-14(2)31-19-11-21-24-17(15-4-8-30-9-5-15)12-27(21)13-18(19)25-22(29)16-10-20-23-6-3-7-28(20)26-16;3-2(4,5)1(6)7/h3,6-7,10-15H,4-5,8-9H2,1-2H3,(H,25,29);(H,6,7). The maximum atomic E-state index is 12.9. The minimum absolute atomic E-state index is 0.0533. The Morgan fingerprint density at radius 3 is 2.53 bits per heavy atom. The van der Waals surface area contributed by atoms with E-state index in [1.165, 1.54) is 0 Å². The predicted octanol–water partition coefficient (Wildman–Crippen LogP) is 3.94. The highest BCUT2D eigenvalue weighted by atomic mass is 19.4. The lowest BCUT2D eigenvalue weighted by atomic mass is 9.97. The number of carbonyl (C=O) groups is 2. The van der Waals surface area contributed by atoms with Crippen molar-refractivity contribution in [3.63, 3.8) is 0 Å². The van der Waals surface area contributed by atoms with Crippen molar-refractivity contribution in [3.8, 4) is 5.75 Å². The molecule has 5 rings (SSSR count). The highest BCUT2D eigenvalue weighted by Crippen LogP contribution is 2.31. The fraction of sp³-hybridized carbons (Fsp3) is 0.375. The van der Waals surface area contributed by atoms with Crippen molar-refractivity contribution in [1.82, 2.24) is 24.0 Å². The third kappa shape index (κ3) is 6.37. The second kappa shape index (κ2) is 11.0. The normalized spacial score (nSPS) is 14.4. The van der Waals surface area contributed by atoms with Crippen LogP contribution >= 0.6 is 0 Å². The number of hydrogen-bond donors (Lipinski definition) is 2. The lowest BCUT2D eigenvalue weighted by Crippen LogP contribution is -2.21. The molecule has 2 N–H and O–H groups in total. The minimum Gasteiger partial charge on any atom is -0.489 e. The van der Waals surface area contributed by atoms with Crippen molar-refractivity contribution in [2.75, 3.05) is 18.5 Å². The summed E-state index contributed by atoms with van der Waals surface area (Å²) in [5.74, 6) is -2.13. The van der Waals surface area contributed by atoms with E-state index in [0.29, 0.717) is 23.0 Å². The molecule has 1 saturated heterocycles. The van der Waals surface area contributed by atoms with Crippen LogP contribution < -0.4 is 10.1 Å². The van der Waals surface area contributed by atoms with E-state index in [-0.39, 0.29) is 17.7 Å². The average molecular weight is 534 g/mol. The quantitative estimate of drug-likeness (QED) is 0.394. The van der Waals surface area contributed by atoms with Gasteiger partial charge in [0.15, 0.2) is 11.3 Å². The Labute approximate surface area is 214 Å². The van der Waals surface area contributed by atoms with E-state index in [4.69, 9.17) is 24.4 Å². The summed E-state index contributed by atoms with van der Waals surface area (Å²) in [5.41, 5.74) is 3.27. The molecular weight excluding hydrogens is 509 g/mol. The van der Waals surface area contributed by atoms with E-state index in [9.17, 15) is 18.0 Å². The van der Waals surface area contributed by atoms with Crippen molar-refractivity contribution in [3.05, 3.63) is 54.4 Å². The number of pyridine rings is 1. The molecule has 0 radical (unpaired) electrons. The van der Waals surface area contributed by atoms with Gasteiger partial charge in [-0.3, -0.25) is 4.79 Å². The number of ether oxygens (including phenoxy) is 2. The Bertz CT molecular complexity index is 1410. The van der Waals surface area contributed by atoms with Crippen LogP contribution in [0, 0.1) is 0 Å². The Hall–Kier alpha value is -4.20. The fourth-order valence-electron chi connectivity index (χ4n) is 3.80. The first-order chi connectivity index (χ1) is 18.0. The number of carboxylic acid groups (broad SMARTS) is 1. The van der Waals surface area contributed by atoms with Crippen molar-refractivity contribution >= 4 is 28.9 Å². The number of imidazole rings is 1. The molecule has 1 aliphatic heterocycles. The molecule has 0 atom stereocenters. The topological polar surface area (TPSA) is 132 Å². The number of carbonyl (C=O) groups excluding carboxylic acids is 1. The molecule has 5 heterocycles. The monoisotopic (exact) mass is 534 g/mol. The smallest absolute Gasteiger partial charge is 0.489 e. The number of fused-ring (bicyclic) bond motifs is 2. The summed E-state index contributed by atoms with van der Waals surface area (Å²) in [6.45, 7) is 5.41. The summed E-state index contributed by atoms with van der Waals surface area (Å²) >= 11 is 0. The molecule has 1 aliphatic rings. The van der Waals surface area contributed by atoms with Gasteiger partial charge in [-0.2, -0.15) is 18.3 Å². The van der Waals surface area contributed by atoms with Crippen molar-refractivity contribution in [2.45, 2.75) is 44.9 Å². The molecule has 0 saturated carbocycles. The lowest BCUT2D eigenvalue weighted by molar-refractivity contribution is -0.192. The molecular formula is C24H25F3N6O5. The molecule has 0 aliphatic carbocycles. The first-order valence-electron chi connectivity index (χ1n) is 11.7. The van der Waals surface area contributed by atoms with Crippen molar-refractivity contribution < 1.29 is 37.3 Å². The van der Waals surface area contributed by atoms with Crippen LogP contribution in [0.3, 0.4) is 0 Å². The fourth-order valence-corrected chi connectivity index (χ4v) is 3.80. The number of hydrogen-bond acceptors (Lipinski definition) is 7. The Balaban J connectivity index is 0.000000426. The van der Waals surface area contributed by atoms with E-state index in [1.807, 2.05) is 36.7 Å². The number of aliphatic carboxylic acids is 1. The number of rotatable bonds is 5. The predicted molar refractivity (Wildman–Crippen MR) is 128 cm³/mol. The van der Waals surface area contributed by atoms with Gasteiger partial charge in [0.25, 0.3) is 5.91 Å². The van der Waals surface area contributed by atoms with Gasteiger partial charge in [-0.1, -0.05) is 0 Å². The summed E-state index contributed by atoms with van der Waals surface area (Å²) in [6, 6.07) is 5.28. The summed E-state index contributed by atoms with van der Waals surface area (Å²) in [6.07, 6.45) is 4.07. The van der Waals surface area contributed by atoms with Gasteiger partial charge in [0.1, 0.15) is 17.1 Å². The number of aromatic nitrogens is 5. The molecule has 1 fully saturated rings. The van der Waals surface area contributed by atoms with Crippen LogP contribution in [-0.4, -0.2) is 66.5 Å². The molecule has 11 nitrogen and oxygen atoms in total. The minimum atomic E-state index is -5.08. The summed E-state index contributed by atoms with van der Waals surface area (Å²) in [7, 11) is 0. The molecule has 0 unspecified atom stereocenters. The van der Waals surface area contributed by atoms with E-state index in [0.717, 1.165) is 37.4 Å². The number of amides is 1. The third-order valence-corrected chi connectivity index (χ3v) is 5.54. The van der Waals surface area contributed by atoms with Gasteiger partial charge in [0, 0.05) is 56.1 Å².